The molecule has 1 aromatic carbocycles. The van der Waals surface area contributed by atoms with Crippen LogP contribution >= 0.6 is 0 Å². The van der Waals surface area contributed by atoms with Crippen molar-refractivity contribution in [1.29, 1.82) is 0 Å². The number of nitrogens with zero attached hydrogens (tertiary/aromatic N) is 1. The van der Waals surface area contributed by atoms with E-state index in [0.29, 0.717) is 11.8 Å². The van der Waals surface area contributed by atoms with Gasteiger partial charge in [0.1, 0.15) is 5.75 Å². The van der Waals surface area contributed by atoms with E-state index in [1.165, 1.54) is 5.69 Å². The van der Waals surface area contributed by atoms with E-state index in [-0.39, 0.29) is 6.04 Å². The molecule has 0 saturated heterocycles. The first-order valence-corrected chi connectivity index (χ1v) is 6.07. The van der Waals surface area contributed by atoms with E-state index in [0.717, 1.165) is 17.3 Å². The number of phenols is 1. The molecule has 0 aliphatic carbocycles. The van der Waals surface area contributed by atoms with Gasteiger partial charge in [-0.15, -0.1) is 0 Å². The van der Waals surface area contributed by atoms with Crippen LogP contribution in [0.3, 0.4) is 0 Å². The van der Waals surface area contributed by atoms with Crippen LogP contribution in [0.4, 0.5) is 0 Å². The van der Waals surface area contributed by atoms with Crippen LogP contribution in [-0.4, -0.2) is 15.7 Å². The normalized spacial score (nSPS) is 13.5. The Morgan fingerprint density at radius 3 is 2.53 bits per heavy atom. The number of hydrogen-bond donors (Lipinski definition) is 2. The second-order valence-electron chi connectivity index (χ2n) is 5.02. The topological polar surface area (TPSA) is 51.2 Å². The zero-order valence-corrected chi connectivity index (χ0v) is 10.6. The summed E-state index contributed by atoms with van der Waals surface area (Å²) in [6.45, 7) is 6.34. The first-order valence-electron chi connectivity index (χ1n) is 6.07. The summed E-state index contributed by atoms with van der Waals surface area (Å²) in [5.74, 6) is 0.311. The minimum atomic E-state index is 0.144. The molecular formula is C14H20N2O. The molecular weight excluding hydrogens is 212 g/mol. The summed E-state index contributed by atoms with van der Waals surface area (Å²) in [6, 6.07) is 8.17. The lowest BCUT2D eigenvalue weighted by atomic mass is 10.2. The predicted molar refractivity (Wildman–Crippen MR) is 71.3 cm³/mol. The predicted octanol–water partition coefficient (Wildman–Crippen LogP) is 2.82. The lowest BCUT2D eigenvalue weighted by molar-refractivity contribution is 0.476. The Labute approximate surface area is 102 Å². The molecule has 0 amide bonds. The molecule has 0 aliphatic heterocycles. The van der Waals surface area contributed by atoms with Gasteiger partial charge in [0.15, 0.2) is 0 Å². The Balaban J connectivity index is 2.61. The Morgan fingerprint density at radius 1 is 1.24 bits per heavy atom. The summed E-state index contributed by atoms with van der Waals surface area (Å²) in [4.78, 5) is 0. The van der Waals surface area contributed by atoms with Gasteiger partial charge >= 0.3 is 0 Å². The van der Waals surface area contributed by atoms with Crippen LogP contribution in [0.2, 0.25) is 0 Å². The summed E-state index contributed by atoms with van der Waals surface area (Å²) in [6.07, 6.45) is 0.855. The molecule has 0 spiro atoms. The third-order valence-corrected chi connectivity index (χ3v) is 2.95. The van der Waals surface area contributed by atoms with Crippen molar-refractivity contribution in [3.05, 3.63) is 30.0 Å². The van der Waals surface area contributed by atoms with Gasteiger partial charge in [0.2, 0.25) is 0 Å². The summed E-state index contributed by atoms with van der Waals surface area (Å²) in [5, 5.41) is 10.6. The molecule has 3 N–H and O–H groups in total. The van der Waals surface area contributed by atoms with Crippen molar-refractivity contribution in [2.24, 2.45) is 5.73 Å². The van der Waals surface area contributed by atoms with Crippen molar-refractivity contribution < 1.29 is 5.11 Å². The van der Waals surface area contributed by atoms with Crippen molar-refractivity contribution in [2.75, 3.05) is 0 Å². The average molecular weight is 232 g/mol. The van der Waals surface area contributed by atoms with Gasteiger partial charge in [-0.3, -0.25) is 0 Å². The fourth-order valence-electron chi connectivity index (χ4n) is 2.38. The van der Waals surface area contributed by atoms with Gasteiger partial charge in [0.05, 0.1) is 0 Å². The highest BCUT2D eigenvalue weighted by molar-refractivity contribution is 5.83. The lowest BCUT2D eigenvalue weighted by Crippen LogP contribution is -2.20. The third-order valence-electron chi connectivity index (χ3n) is 2.95. The molecule has 92 valence electrons. The molecule has 3 nitrogen and oxygen atoms in total. The fraction of sp³-hybridized carbons (Fsp3) is 0.429. The zero-order valence-electron chi connectivity index (χ0n) is 10.6. The second-order valence-corrected chi connectivity index (χ2v) is 5.02. The molecule has 0 fully saturated rings. The number of hydrogen-bond acceptors (Lipinski definition) is 2. The van der Waals surface area contributed by atoms with Crippen LogP contribution in [0, 0.1) is 0 Å². The highest BCUT2D eigenvalue weighted by Crippen LogP contribution is 2.27. The van der Waals surface area contributed by atoms with Crippen LogP contribution in [0.25, 0.3) is 10.9 Å². The monoisotopic (exact) mass is 232 g/mol. The molecule has 3 heteroatoms. The van der Waals surface area contributed by atoms with E-state index in [9.17, 15) is 5.11 Å². The number of phenolic OH excluding ortho intramolecular Hbond substituents is 1. The number of fused-ring (bicyclic) bond motifs is 1. The minimum Gasteiger partial charge on any atom is -0.508 e. The van der Waals surface area contributed by atoms with Gasteiger partial charge in [-0.2, -0.15) is 0 Å². The van der Waals surface area contributed by atoms with E-state index >= 15 is 0 Å². The Hall–Kier alpha value is -1.48. The first-order chi connectivity index (χ1) is 7.99. The van der Waals surface area contributed by atoms with Crippen LogP contribution < -0.4 is 5.73 Å². The summed E-state index contributed by atoms with van der Waals surface area (Å²) in [7, 11) is 0. The summed E-state index contributed by atoms with van der Waals surface area (Å²) < 4.78 is 2.29. The summed E-state index contributed by atoms with van der Waals surface area (Å²) >= 11 is 0. The van der Waals surface area contributed by atoms with Crippen LogP contribution in [0.15, 0.2) is 24.3 Å². The molecule has 1 aromatic heterocycles. The van der Waals surface area contributed by atoms with Crippen molar-refractivity contribution in [1.82, 2.24) is 4.57 Å². The maximum absolute atomic E-state index is 9.52. The first kappa shape index (κ1) is 12.0. The van der Waals surface area contributed by atoms with Crippen LogP contribution in [-0.2, 0) is 6.42 Å². The molecule has 0 bridgehead atoms. The maximum atomic E-state index is 9.52. The van der Waals surface area contributed by atoms with Crippen molar-refractivity contribution in [3.63, 3.8) is 0 Å². The molecule has 1 unspecified atom stereocenters. The van der Waals surface area contributed by atoms with Crippen LogP contribution in [0.5, 0.6) is 5.75 Å². The van der Waals surface area contributed by atoms with Gasteiger partial charge in [-0.05, 0) is 45.0 Å². The number of aromatic nitrogens is 1. The van der Waals surface area contributed by atoms with Crippen LogP contribution in [0.1, 0.15) is 32.5 Å². The largest absolute Gasteiger partial charge is 0.508 e. The van der Waals surface area contributed by atoms with Gasteiger partial charge < -0.3 is 15.4 Å². The smallest absolute Gasteiger partial charge is 0.116 e. The molecule has 1 atom stereocenters. The van der Waals surface area contributed by atoms with Gasteiger partial charge in [-0.1, -0.05) is 0 Å². The maximum Gasteiger partial charge on any atom is 0.116 e. The van der Waals surface area contributed by atoms with Gasteiger partial charge in [0.25, 0.3) is 0 Å². The Morgan fingerprint density at radius 2 is 1.94 bits per heavy atom. The molecule has 0 radical (unpaired) electrons. The third kappa shape index (κ3) is 2.29. The molecule has 1 heterocycles. The number of nitrogens with two attached hydrogens (primary N) is 1. The number of benzene rings is 1. The average Bonchev–Trinajstić information content (AvgIpc) is 2.53. The Bertz CT molecular complexity index is 526. The summed E-state index contributed by atoms with van der Waals surface area (Å²) in [5.41, 5.74) is 8.28. The molecule has 17 heavy (non-hydrogen) atoms. The number of rotatable bonds is 3. The van der Waals surface area contributed by atoms with E-state index in [4.69, 9.17) is 5.73 Å². The van der Waals surface area contributed by atoms with Gasteiger partial charge in [-0.25, -0.2) is 0 Å². The Kier molecular flexibility index (Phi) is 3.11. The molecule has 2 rings (SSSR count). The van der Waals surface area contributed by atoms with E-state index in [1.54, 1.807) is 12.1 Å². The molecule has 2 aromatic rings. The second kappa shape index (κ2) is 4.41. The van der Waals surface area contributed by atoms with E-state index in [2.05, 4.69) is 24.5 Å². The lowest BCUT2D eigenvalue weighted by Gasteiger charge is -2.15. The minimum absolute atomic E-state index is 0.144. The van der Waals surface area contributed by atoms with Crippen molar-refractivity contribution in [3.8, 4) is 5.75 Å². The highest BCUT2D eigenvalue weighted by atomic mass is 16.3. The fourth-order valence-corrected chi connectivity index (χ4v) is 2.38. The van der Waals surface area contributed by atoms with Crippen molar-refractivity contribution in [2.45, 2.75) is 39.3 Å². The molecule has 0 saturated carbocycles. The number of aromatic hydroxyl groups is 1. The van der Waals surface area contributed by atoms with E-state index in [1.807, 2.05) is 13.0 Å². The highest BCUT2D eigenvalue weighted by Gasteiger charge is 2.12. The zero-order chi connectivity index (χ0) is 12.6. The van der Waals surface area contributed by atoms with Crippen molar-refractivity contribution >= 4 is 10.9 Å². The van der Waals surface area contributed by atoms with E-state index < -0.39 is 0 Å². The van der Waals surface area contributed by atoms with Gasteiger partial charge in [0, 0.05) is 35.1 Å². The molecule has 0 aliphatic rings. The SMILES string of the molecule is CC(N)Cc1cc2cc(O)ccc2n1C(C)C. The quantitative estimate of drug-likeness (QED) is 0.855. The standard InChI is InChI=1S/C14H20N2O/c1-9(2)16-12(6-10(3)15)7-11-8-13(17)4-5-14(11)16/h4-5,7-10,17H,6,15H2,1-3H3.